The first-order chi connectivity index (χ1) is 15.0. The van der Waals surface area contributed by atoms with E-state index in [-0.39, 0.29) is 17.7 Å². The zero-order valence-electron chi connectivity index (χ0n) is 16.8. The maximum Gasteiger partial charge on any atom is 0.266 e. The summed E-state index contributed by atoms with van der Waals surface area (Å²) in [5.41, 5.74) is 3.16. The molecule has 0 saturated carbocycles. The highest BCUT2D eigenvalue weighted by Gasteiger charge is 2.10. The second-order valence-electron chi connectivity index (χ2n) is 6.78. The SMILES string of the molecule is Cc1ccccc1NC(=O)/C(C#N)=C/c1ccc(OCc2ccc(C(=O)[O-])cc2)cc1. The second kappa shape index (κ2) is 9.90. The minimum absolute atomic E-state index is 0.00932. The molecule has 0 saturated heterocycles. The van der Waals surface area contributed by atoms with Gasteiger partial charge >= 0.3 is 0 Å². The fourth-order valence-electron chi connectivity index (χ4n) is 2.78. The number of nitrogens with zero attached hydrogens (tertiary/aromatic N) is 1. The summed E-state index contributed by atoms with van der Waals surface area (Å²) in [6.07, 6.45) is 1.51. The summed E-state index contributed by atoms with van der Waals surface area (Å²) < 4.78 is 5.69. The number of nitriles is 1. The van der Waals surface area contributed by atoms with Gasteiger partial charge in [0.1, 0.15) is 24.0 Å². The molecule has 0 aromatic heterocycles. The highest BCUT2D eigenvalue weighted by atomic mass is 16.5. The molecule has 154 valence electrons. The van der Waals surface area contributed by atoms with Crippen LogP contribution in [0.2, 0.25) is 0 Å². The molecule has 3 aromatic rings. The third-order valence-electron chi connectivity index (χ3n) is 4.54. The number of hydrogen-bond acceptors (Lipinski definition) is 5. The minimum atomic E-state index is -1.22. The van der Waals surface area contributed by atoms with Crippen LogP contribution < -0.4 is 15.2 Å². The predicted molar refractivity (Wildman–Crippen MR) is 115 cm³/mol. The molecular weight excluding hydrogens is 392 g/mol. The molecule has 0 aliphatic carbocycles. The molecule has 0 aliphatic heterocycles. The van der Waals surface area contributed by atoms with Crippen LogP contribution in [0, 0.1) is 18.3 Å². The molecule has 0 spiro atoms. The van der Waals surface area contributed by atoms with Crippen molar-refractivity contribution in [2.24, 2.45) is 0 Å². The second-order valence-corrected chi connectivity index (χ2v) is 6.78. The normalized spacial score (nSPS) is 10.8. The van der Waals surface area contributed by atoms with Gasteiger partial charge in [0.15, 0.2) is 0 Å². The maximum atomic E-state index is 12.4. The number of carbonyl (C=O) groups is 2. The first kappa shape index (κ1) is 21.3. The summed E-state index contributed by atoms with van der Waals surface area (Å²) in [7, 11) is 0. The average Bonchev–Trinajstić information content (AvgIpc) is 2.78. The zero-order chi connectivity index (χ0) is 22.2. The van der Waals surface area contributed by atoms with E-state index in [1.165, 1.54) is 18.2 Å². The van der Waals surface area contributed by atoms with Crippen LogP contribution in [0.3, 0.4) is 0 Å². The maximum absolute atomic E-state index is 12.4. The molecule has 0 radical (unpaired) electrons. The third kappa shape index (κ3) is 5.81. The van der Waals surface area contributed by atoms with E-state index in [0.717, 1.165) is 11.1 Å². The number of nitrogens with one attached hydrogen (secondary N) is 1. The Hall–Kier alpha value is -4.37. The Morgan fingerprint density at radius 3 is 2.32 bits per heavy atom. The first-order valence-electron chi connectivity index (χ1n) is 9.48. The standard InChI is InChI=1S/C25H20N2O4/c1-17-4-2-3-5-23(17)27-24(28)21(15-26)14-18-8-12-22(13-9-18)31-16-19-6-10-20(11-7-19)25(29)30/h2-14H,16H2,1H3,(H,27,28)(H,29,30)/p-1/b21-14+. The van der Waals surface area contributed by atoms with Crippen molar-refractivity contribution in [3.63, 3.8) is 0 Å². The Bertz CT molecular complexity index is 1160. The summed E-state index contributed by atoms with van der Waals surface area (Å²) in [5.74, 6) is -1.10. The molecule has 6 nitrogen and oxygen atoms in total. The Morgan fingerprint density at radius 1 is 1.03 bits per heavy atom. The van der Waals surface area contributed by atoms with Gasteiger partial charge in [0.25, 0.3) is 5.91 Å². The van der Waals surface area contributed by atoms with Crippen LogP contribution in [0.25, 0.3) is 6.08 Å². The van der Waals surface area contributed by atoms with E-state index in [1.807, 2.05) is 31.2 Å². The van der Waals surface area contributed by atoms with Crippen LogP contribution in [-0.4, -0.2) is 11.9 Å². The number of para-hydroxylation sites is 1. The van der Waals surface area contributed by atoms with Gasteiger partial charge in [-0.15, -0.1) is 0 Å². The Labute approximate surface area is 180 Å². The molecule has 0 aliphatic rings. The number of hydrogen-bond donors (Lipinski definition) is 1. The lowest BCUT2D eigenvalue weighted by atomic mass is 10.1. The summed E-state index contributed by atoms with van der Waals surface area (Å²) in [6.45, 7) is 2.15. The van der Waals surface area contributed by atoms with E-state index in [0.29, 0.717) is 17.0 Å². The highest BCUT2D eigenvalue weighted by molar-refractivity contribution is 6.09. The first-order valence-corrected chi connectivity index (χ1v) is 9.48. The number of carboxylic acids is 1. The van der Waals surface area contributed by atoms with Gasteiger partial charge in [-0.25, -0.2) is 0 Å². The molecule has 0 fully saturated rings. The van der Waals surface area contributed by atoms with Crippen LogP contribution in [0.15, 0.2) is 78.4 Å². The molecule has 0 atom stereocenters. The van der Waals surface area contributed by atoms with E-state index in [1.54, 1.807) is 42.5 Å². The van der Waals surface area contributed by atoms with Gasteiger partial charge in [0, 0.05) is 5.69 Å². The Kier molecular flexibility index (Phi) is 6.82. The summed E-state index contributed by atoms with van der Waals surface area (Å²) in [6, 6.07) is 22.5. The van der Waals surface area contributed by atoms with E-state index >= 15 is 0 Å². The number of rotatable bonds is 7. The number of amides is 1. The van der Waals surface area contributed by atoms with Gasteiger partial charge in [-0.2, -0.15) is 5.26 Å². The van der Waals surface area contributed by atoms with Crippen molar-refractivity contribution in [1.82, 2.24) is 0 Å². The van der Waals surface area contributed by atoms with Crippen LogP contribution >= 0.6 is 0 Å². The van der Waals surface area contributed by atoms with Crippen LogP contribution in [-0.2, 0) is 11.4 Å². The third-order valence-corrected chi connectivity index (χ3v) is 4.54. The number of aromatic carboxylic acids is 1. The van der Waals surface area contributed by atoms with Gasteiger partial charge in [0.2, 0.25) is 0 Å². The molecule has 0 heterocycles. The van der Waals surface area contributed by atoms with Gasteiger partial charge in [-0.3, -0.25) is 4.79 Å². The van der Waals surface area contributed by atoms with Crippen molar-refractivity contribution >= 4 is 23.6 Å². The Morgan fingerprint density at radius 2 is 1.71 bits per heavy atom. The molecule has 3 aromatic carbocycles. The lowest BCUT2D eigenvalue weighted by Crippen LogP contribution is -2.22. The predicted octanol–water partition coefficient (Wildman–Crippen LogP) is 3.48. The molecule has 1 N–H and O–H groups in total. The number of aryl methyl sites for hydroxylation is 1. The van der Waals surface area contributed by atoms with Crippen molar-refractivity contribution in [3.05, 3.63) is 101 Å². The van der Waals surface area contributed by atoms with Gasteiger partial charge in [0.05, 0.1) is 5.97 Å². The number of anilines is 1. The molecule has 31 heavy (non-hydrogen) atoms. The number of benzene rings is 3. The van der Waals surface area contributed by atoms with Crippen molar-refractivity contribution in [1.29, 1.82) is 5.26 Å². The fraction of sp³-hybridized carbons (Fsp3) is 0.0800. The van der Waals surface area contributed by atoms with Crippen molar-refractivity contribution in [3.8, 4) is 11.8 Å². The van der Waals surface area contributed by atoms with E-state index in [2.05, 4.69) is 5.32 Å². The van der Waals surface area contributed by atoms with Crippen LogP contribution in [0.1, 0.15) is 27.0 Å². The summed E-state index contributed by atoms with van der Waals surface area (Å²) in [5, 5.41) is 22.9. The number of ether oxygens (including phenoxy) is 1. The topological polar surface area (TPSA) is 102 Å². The molecule has 0 bridgehead atoms. The minimum Gasteiger partial charge on any atom is -0.545 e. The lowest BCUT2D eigenvalue weighted by molar-refractivity contribution is -0.255. The van der Waals surface area contributed by atoms with Crippen LogP contribution in [0.5, 0.6) is 5.75 Å². The van der Waals surface area contributed by atoms with Crippen molar-refractivity contribution in [2.45, 2.75) is 13.5 Å². The average molecular weight is 411 g/mol. The van der Waals surface area contributed by atoms with E-state index in [4.69, 9.17) is 4.74 Å². The number of carboxylic acid groups (broad SMARTS) is 1. The van der Waals surface area contributed by atoms with Crippen LogP contribution in [0.4, 0.5) is 5.69 Å². The lowest BCUT2D eigenvalue weighted by Gasteiger charge is -2.09. The van der Waals surface area contributed by atoms with Gasteiger partial charge < -0.3 is 20.0 Å². The van der Waals surface area contributed by atoms with E-state index in [9.17, 15) is 20.0 Å². The van der Waals surface area contributed by atoms with Crippen molar-refractivity contribution in [2.75, 3.05) is 5.32 Å². The quantitative estimate of drug-likeness (QED) is 0.474. The molecule has 1 amide bonds. The molecule has 6 heteroatoms. The fourth-order valence-corrected chi connectivity index (χ4v) is 2.78. The summed E-state index contributed by atoms with van der Waals surface area (Å²) in [4.78, 5) is 23.2. The monoisotopic (exact) mass is 411 g/mol. The molecule has 3 rings (SSSR count). The van der Waals surface area contributed by atoms with Gasteiger partial charge in [-0.05, 0) is 53.5 Å². The zero-order valence-corrected chi connectivity index (χ0v) is 16.8. The number of carbonyl (C=O) groups excluding carboxylic acids is 2. The summed E-state index contributed by atoms with van der Waals surface area (Å²) >= 11 is 0. The van der Waals surface area contributed by atoms with E-state index < -0.39 is 11.9 Å². The van der Waals surface area contributed by atoms with Crippen molar-refractivity contribution < 1.29 is 19.4 Å². The van der Waals surface area contributed by atoms with Gasteiger partial charge in [-0.1, -0.05) is 54.6 Å². The molecule has 0 unspecified atom stereocenters. The highest BCUT2D eigenvalue weighted by Crippen LogP contribution is 2.18. The Balaban J connectivity index is 1.63. The molecular formula is C25H19N2O4-. The smallest absolute Gasteiger partial charge is 0.266 e. The largest absolute Gasteiger partial charge is 0.545 e.